The second-order valence-electron chi connectivity index (χ2n) is 4.72. The first-order valence-corrected chi connectivity index (χ1v) is 6.05. The minimum Gasteiger partial charge on any atom is -0.396 e. The minimum atomic E-state index is -0.860. The average molecular weight is 270 g/mol. The van der Waals surface area contributed by atoms with Gasteiger partial charge in [-0.2, -0.15) is 0 Å². The number of halogens is 2. The predicted molar refractivity (Wildman–Crippen MR) is 66.7 cm³/mol. The SMILES string of the molecule is COCC1CCN(C(=O)c2cc(F)cc(N)c2F)C1. The molecule has 19 heavy (non-hydrogen) atoms. The maximum absolute atomic E-state index is 13.8. The zero-order valence-electron chi connectivity index (χ0n) is 10.7. The average Bonchev–Trinajstić information content (AvgIpc) is 2.82. The molecule has 2 rings (SSSR count). The molecule has 0 saturated carbocycles. The van der Waals surface area contributed by atoms with Crippen molar-refractivity contribution in [3.63, 3.8) is 0 Å². The lowest BCUT2D eigenvalue weighted by Gasteiger charge is -2.17. The zero-order valence-corrected chi connectivity index (χ0v) is 10.7. The smallest absolute Gasteiger partial charge is 0.257 e. The summed E-state index contributed by atoms with van der Waals surface area (Å²) in [6.07, 6.45) is 0.798. The van der Waals surface area contributed by atoms with Crippen molar-refractivity contribution in [2.75, 3.05) is 32.5 Å². The molecule has 1 atom stereocenters. The Balaban J connectivity index is 2.17. The summed E-state index contributed by atoms with van der Waals surface area (Å²) in [6.45, 7) is 1.56. The van der Waals surface area contributed by atoms with Gasteiger partial charge in [0.25, 0.3) is 5.91 Å². The predicted octanol–water partition coefficient (Wildman–Crippen LogP) is 1.66. The molecule has 1 aliphatic heterocycles. The van der Waals surface area contributed by atoms with E-state index < -0.39 is 17.5 Å². The number of methoxy groups -OCH3 is 1. The maximum Gasteiger partial charge on any atom is 0.257 e. The number of nitrogens with two attached hydrogens (primary N) is 1. The summed E-state index contributed by atoms with van der Waals surface area (Å²) in [5.74, 6) is -1.86. The van der Waals surface area contributed by atoms with Crippen molar-refractivity contribution in [3.8, 4) is 0 Å². The molecule has 1 amide bonds. The molecule has 0 spiro atoms. The molecule has 0 aliphatic carbocycles. The highest BCUT2D eigenvalue weighted by atomic mass is 19.1. The Morgan fingerprint density at radius 3 is 2.95 bits per heavy atom. The summed E-state index contributed by atoms with van der Waals surface area (Å²) in [4.78, 5) is 13.6. The van der Waals surface area contributed by atoms with E-state index in [0.717, 1.165) is 18.6 Å². The quantitative estimate of drug-likeness (QED) is 0.850. The van der Waals surface area contributed by atoms with Crippen molar-refractivity contribution in [2.24, 2.45) is 5.92 Å². The monoisotopic (exact) mass is 270 g/mol. The topological polar surface area (TPSA) is 55.6 Å². The fourth-order valence-corrected chi connectivity index (χ4v) is 2.33. The van der Waals surface area contributed by atoms with Gasteiger partial charge in [0.15, 0.2) is 5.82 Å². The largest absolute Gasteiger partial charge is 0.396 e. The van der Waals surface area contributed by atoms with Crippen molar-refractivity contribution in [1.29, 1.82) is 0 Å². The third-order valence-corrected chi connectivity index (χ3v) is 3.27. The zero-order chi connectivity index (χ0) is 14.0. The van der Waals surface area contributed by atoms with Crippen LogP contribution in [0.4, 0.5) is 14.5 Å². The van der Waals surface area contributed by atoms with Gasteiger partial charge in [-0.1, -0.05) is 0 Å². The van der Waals surface area contributed by atoms with Gasteiger partial charge in [-0.05, 0) is 18.6 Å². The molecule has 104 valence electrons. The van der Waals surface area contributed by atoms with Gasteiger partial charge in [-0.25, -0.2) is 8.78 Å². The summed E-state index contributed by atoms with van der Waals surface area (Å²) in [7, 11) is 1.59. The lowest BCUT2D eigenvalue weighted by Crippen LogP contribution is -2.30. The van der Waals surface area contributed by atoms with Crippen LogP contribution in [-0.4, -0.2) is 37.6 Å². The van der Waals surface area contributed by atoms with E-state index in [4.69, 9.17) is 10.5 Å². The van der Waals surface area contributed by atoms with Crippen LogP contribution in [0.5, 0.6) is 0 Å². The lowest BCUT2D eigenvalue weighted by atomic mass is 10.1. The van der Waals surface area contributed by atoms with Crippen molar-refractivity contribution in [3.05, 3.63) is 29.3 Å². The first-order valence-electron chi connectivity index (χ1n) is 6.05. The number of amides is 1. The van der Waals surface area contributed by atoms with Crippen LogP contribution in [0.15, 0.2) is 12.1 Å². The van der Waals surface area contributed by atoms with Gasteiger partial charge in [-0.15, -0.1) is 0 Å². The Hall–Kier alpha value is -1.69. The van der Waals surface area contributed by atoms with Crippen molar-refractivity contribution < 1.29 is 18.3 Å². The second kappa shape index (κ2) is 5.52. The minimum absolute atomic E-state index is 0.239. The summed E-state index contributed by atoms with van der Waals surface area (Å²) in [5, 5.41) is 0. The summed E-state index contributed by atoms with van der Waals surface area (Å²) in [5.41, 5.74) is 4.67. The van der Waals surface area contributed by atoms with E-state index in [9.17, 15) is 13.6 Å². The number of likely N-dealkylation sites (tertiary alicyclic amines) is 1. The maximum atomic E-state index is 13.8. The first-order chi connectivity index (χ1) is 9.02. The molecule has 0 bridgehead atoms. The first kappa shape index (κ1) is 13.7. The van der Waals surface area contributed by atoms with Crippen LogP contribution in [0, 0.1) is 17.6 Å². The van der Waals surface area contributed by atoms with E-state index in [0.29, 0.717) is 19.7 Å². The van der Waals surface area contributed by atoms with Gasteiger partial charge in [-0.3, -0.25) is 4.79 Å². The molecule has 2 N–H and O–H groups in total. The van der Waals surface area contributed by atoms with Crippen molar-refractivity contribution in [1.82, 2.24) is 4.90 Å². The van der Waals surface area contributed by atoms with Crippen LogP contribution in [0.2, 0.25) is 0 Å². The summed E-state index contributed by atoms with van der Waals surface area (Å²) >= 11 is 0. The van der Waals surface area contributed by atoms with E-state index >= 15 is 0 Å². The Morgan fingerprint density at radius 2 is 2.26 bits per heavy atom. The number of hydrogen-bond donors (Lipinski definition) is 1. The summed E-state index contributed by atoms with van der Waals surface area (Å²) in [6, 6.07) is 1.75. The molecule has 1 heterocycles. The second-order valence-corrected chi connectivity index (χ2v) is 4.72. The third kappa shape index (κ3) is 2.84. The Morgan fingerprint density at radius 1 is 1.53 bits per heavy atom. The Bertz CT molecular complexity index is 494. The van der Waals surface area contributed by atoms with Crippen LogP contribution in [0.3, 0.4) is 0 Å². The van der Waals surface area contributed by atoms with E-state index in [1.165, 1.54) is 4.90 Å². The molecule has 0 radical (unpaired) electrons. The summed E-state index contributed by atoms with van der Waals surface area (Å²) < 4.78 is 32.0. The number of carbonyl (C=O) groups is 1. The third-order valence-electron chi connectivity index (χ3n) is 3.27. The number of nitrogens with zero attached hydrogens (tertiary/aromatic N) is 1. The Labute approximate surface area is 110 Å². The number of ether oxygens (including phenoxy) is 1. The standard InChI is InChI=1S/C13H16F2N2O2/c1-19-7-8-2-3-17(6-8)13(18)10-4-9(14)5-11(16)12(10)15/h4-5,8H,2-3,6-7,16H2,1H3. The molecule has 1 aromatic rings. The Kier molecular flexibility index (Phi) is 3.99. The van der Waals surface area contributed by atoms with Crippen molar-refractivity contribution >= 4 is 11.6 Å². The van der Waals surface area contributed by atoms with E-state index in [1.54, 1.807) is 7.11 Å². The van der Waals surface area contributed by atoms with Crippen LogP contribution >= 0.6 is 0 Å². The molecule has 1 unspecified atom stereocenters. The van der Waals surface area contributed by atoms with Crippen LogP contribution in [-0.2, 0) is 4.74 Å². The molecular weight excluding hydrogens is 254 g/mol. The fourth-order valence-electron chi connectivity index (χ4n) is 2.33. The highest BCUT2D eigenvalue weighted by molar-refractivity contribution is 5.95. The van der Waals surface area contributed by atoms with Gasteiger partial charge in [0, 0.05) is 26.1 Å². The van der Waals surface area contributed by atoms with Gasteiger partial charge in [0.1, 0.15) is 5.82 Å². The van der Waals surface area contributed by atoms with Gasteiger partial charge in [0.05, 0.1) is 17.9 Å². The molecule has 0 aromatic heterocycles. The highest BCUT2D eigenvalue weighted by Crippen LogP contribution is 2.23. The molecule has 4 nitrogen and oxygen atoms in total. The van der Waals surface area contributed by atoms with E-state index in [-0.39, 0.29) is 17.2 Å². The number of hydrogen-bond acceptors (Lipinski definition) is 3. The number of benzene rings is 1. The highest BCUT2D eigenvalue weighted by Gasteiger charge is 2.29. The lowest BCUT2D eigenvalue weighted by molar-refractivity contribution is 0.0770. The van der Waals surface area contributed by atoms with Crippen LogP contribution in [0.1, 0.15) is 16.8 Å². The number of rotatable bonds is 3. The number of anilines is 1. The van der Waals surface area contributed by atoms with Gasteiger partial charge >= 0.3 is 0 Å². The van der Waals surface area contributed by atoms with Gasteiger partial charge < -0.3 is 15.4 Å². The molecule has 6 heteroatoms. The molecular formula is C13H16F2N2O2. The number of nitrogen functional groups attached to an aromatic ring is 1. The fraction of sp³-hybridized carbons (Fsp3) is 0.462. The molecule has 1 saturated heterocycles. The van der Waals surface area contributed by atoms with Crippen LogP contribution < -0.4 is 5.73 Å². The molecule has 1 aliphatic rings. The van der Waals surface area contributed by atoms with E-state index in [2.05, 4.69) is 0 Å². The van der Waals surface area contributed by atoms with E-state index in [1.807, 2.05) is 0 Å². The van der Waals surface area contributed by atoms with Crippen LogP contribution in [0.25, 0.3) is 0 Å². The molecule has 1 fully saturated rings. The number of carbonyl (C=O) groups excluding carboxylic acids is 1. The van der Waals surface area contributed by atoms with Crippen molar-refractivity contribution in [2.45, 2.75) is 6.42 Å². The normalized spacial score (nSPS) is 18.9. The van der Waals surface area contributed by atoms with Gasteiger partial charge in [0.2, 0.25) is 0 Å². The molecule has 1 aromatic carbocycles.